The lowest BCUT2D eigenvalue weighted by molar-refractivity contribution is 0.589. The van der Waals surface area contributed by atoms with Crippen molar-refractivity contribution < 1.29 is 8.78 Å². The van der Waals surface area contributed by atoms with Gasteiger partial charge in [-0.15, -0.1) is 0 Å². The topological polar surface area (TPSA) is 0 Å². The van der Waals surface area contributed by atoms with Crippen molar-refractivity contribution >= 4 is 23.2 Å². The zero-order chi connectivity index (χ0) is 11.7. The molecule has 0 atom stereocenters. The summed E-state index contributed by atoms with van der Waals surface area (Å²) in [6, 6.07) is 8.31. The van der Waals surface area contributed by atoms with Crippen molar-refractivity contribution in [1.82, 2.24) is 0 Å². The Morgan fingerprint density at radius 1 is 0.688 bits per heavy atom. The third kappa shape index (κ3) is 1.91. The quantitative estimate of drug-likeness (QED) is 0.680. The Bertz CT molecular complexity index is 449. The van der Waals surface area contributed by atoms with Crippen molar-refractivity contribution in [2.75, 3.05) is 0 Å². The Balaban J connectivity index is 2.77. The highest BCUT2D eigenvalue weighted by molar-refractivity contribution is 6.39. The fourth-order valence-electron chi connectivity index (χ4n) is 1.47. The molecule has 16 heavy (non-hydrogen) atoms. The zero-order valence-electron chi connectivity index (χ0n) is 7.98. The second-order valence-corrected chi connectivity index (χ2v) is 4.01. The summed E-state index contributed by atoms with van der Waals surface area (Å²) >= 11 is 11.8. The fourth-order valence-corrected chi connectivity index (χ4v) is 2.06. The van der Waals surface area contributed by atoms with Crippen LogP contribution in [0.5, 0.6) is 0 Å². The average molecular weight is 259 g/mol. The molecule has 0 saturated heterocycles. The van der Waals surface area contributed by atoms with Crippen LogP contribution in [-0.4, -0.2) is 0 Å². The van der Waals surface area contributed by atoms with Gasteiger partial charge in [0.05, 0.1) is 15.6 Å². The number of rotatable bonds is 1. The highest BCUT2D eigenvalue weighted by Crippen LogP contribution is 2.37. The standard InChI is InChI=1S/C12H6Cl2F2/c13-7-3-1-4-8(14)11(7)12-9(15)5-2-6-10(12)16/h1-6H. The normalized spacial score (nSPS) is 10.5. The van der Waals surface area contributed by atoms with E-state index in [0.717, 1.165) is 12.1 Å². The van der Waals surface area contributed by atoms with Crippen molar-refractivity contribution in [3.05, 3.63) is 58.1 Å². The zero-order valence-corrected chi connectivity index (χ0v) is 9.49. The van der Waals surface area contributed by atoms with Crippen LogP contribution in [0.25, 0.3) is 11.1 Å². The van der Waals surface area contributed by atoms with Gasteiger partial charge < -0.3 is 0 Å². The molecule has 0 amide bonds. The van der Waals surface area contributed by atoms with Gasteiger partial charge in [0.2, 0.25) is 0 Å². The molecule has 0 aromatic heterocycles. The predicted molar refractivity (Wildman–Crippen MR) is 61.8 cm³/mol. The van der Waals surface area contributed by atoms with Gasteiger partial charge in [-0.1, -0.05) is 35.3 Å². The molecule has 4 heteroatoms. The smallest absolute Gasteiger partial charge is 0.134 e. The second kappa shape index (κ2) is 4.40. The maximum atomic E-state index is 13.5. The number of hydrogen-bond donors (Lipinski definition) is 0. The van der Waals surface area contributed by atoms with Crippen molar-refractivity contribution in [2.45, 2.75) is 0 Å². The van der Waals surface area contributed by atoms with E-state index in [4.69, 9.17) is 23.2 Å². The molecule has 0 aliphatic rings. The van der Waals surface area contributed by atoms with Gasteiger partial charge in [0, 0.05) is 5.56 Å². The Kier molecular flexibility index (Phi) is 3.13. The summed E-state index contributed by atoms with van der Waals surface area (Å²) in [4.78, 5) is 0. The van der Waals surface area contributed by atoms with Gasteiger partial charge >= 0.3 is 0 Å². The van der Waals surface area contributed by atoms with Gasteiger partial charge in [-0.05, 0) is 24.3 Å². The van der Waals surface area contributed by atoms with Crippen LogP contribution in [0.3, 0.4) is 0 Å². The van der Waals surface area contributed by atoms with E-state index in [1.54, 1.807) is 6.07 Å². The molecule has 0 N–H and O–H groups in total. The first-order valence-electron chi connectivity index (χ1n) is 4.49. The molecule has 0 nitrogen and oxygen atoms in total. The molecule has 0 unspecified atom stereocenters. The highest BCUT2D eigenvalue weighted by atomic mass is 35.5. The Morgan fingerprint density at radius 2 is 1.12 bits per heavy atom. The maximum Gasteiger partial charge on any atom is 0.134 e. The summed E-state index contributed by atoms with van der Waals surface area (Å²) in [7, 11) is 0. The Hall–Kier alpha value is -1.12. The summed E-state index contributed by atoms with van der Waals surface area (Å²) < 4.78 is 27.1. The SMILES string of the molecule is Fc1cccc(F)c1-c1c(Cl)cccc1Cl. The van der Waals surface area contributed by atoms with Gasteiger partial charge in [0.15, 0.2) is 0 Å². The second-order valence-electron chi connectivity index (χ2n) is 3.19. The van der Waals surface area contributed by atoms with E-state index in [1.807, 2.05) is 0 Å². The summed E-state index contributed by atoms with van der Waals surface area (Å²) in [5, 5.41) is 0.438. The van der Waals surface area contributed by atoms with E-state index in [1.165, 1.54) is 18.2 Å². The van der Waals surface area contributed by atoms with Crippen molar-refractivity contribution in [1.29, 1.82) is 0 Å². The van der Waals surface area contributed by atoms with Crippen molar-refractivity contribution in [2.24, 2.45) is 0 Å². The molecule has 2 aromatic rings. The minimum absolute atomic E-state index is 0.182. The van der Waals surface area contributed by atoms with E-state index in [0.29, 0.717) is 0 Å². The molecule has 0 aliphatic heterocycles. The molecule has 2 rings (SSSR count). The highest BCUT2D eigenvalue weighted by Gasteiger charge is 2.16. The number of benzene rings is 2. The van der Waals surface area contributed by atoms with Crippen LogP contribution in [-0.2, 0) is 0 Å². The minimum atomic E-state index is -0.685. The van der Waals surface area contributed by atoms with E-state index in [2.05, 4.69) is 0 Å². The van der Waals surface area contributed by atoms with Gasteiger partial charge in [0.1, 0.15) is 11.6 Å². The molecule has 0 aliphatic carbocycles. The summed E-state index contributed by atoms with van der Waals surface area (Å²) in [5.74, 6) is -1.37. The lowest BCUT2D eigenvalue weighted by Gasteiger charge is -2.09. The van der Waals surface area contributed by atoms with Gasteiger partial charge in [-0.3, -0.25) is 0 Å². The number of hydrogen-bond acceptors (Lipinski definition) is 0. The lowest BCUT2D eigenvalue weighted by atomic mass is 10.0. The van der Waals surface area contributed by atoms with E-state index < -0.39 is 11.6 Å². The largest absolute Gasteiger partial charge is 0.206 e. The third-order valence-electron chi connectivity index (χ3n) is 2.18. The van der Waals surface area contributed by atoms with E-state index >= 15 is 0 Å². The lowest BCUT2D eigenvalue weighted by Crippen LogP contribution is -1.91. The average Bonchev–Trinajstić information content (AvgIpc) is 2.21. The Labute approximate surface area is 101 Å². The van der Waals surface area contributed by atoms with Crippen LogP contribution in [0, 0.1) is 11.6 Å². The first-order chi connectivity index (χ1) is 7.61. The fraction of sp³-hybridized carbons (Fsp3) is 0. The molecule has 0 saturated carbocycles. The molecule has 0 fully saturated rings. The van der Waals surface area contributed by atoms with Crippen LogP contribution in [0.1, 0.15) is 0 Å². The van der Waals surface area contributed by atoms with Crippen molar-refractivity contribution in [3.63, 3.8) is 0 Å². The van der Waals surface area contributed by atoms with Crippen LogP contribution in [0.2, 0.25) is 10.0 Å². The third-order valence-corrected chi connectivity index (χ3v) is 2.81. The molecule has 2 aromatic carbocycles. The molecule has 0 spiro atoms. The van der Waals surface area contributed by atoms with Gasteiger partial charge in [-0.25, -0.2) is 8.78 Å². The molecule has 0 radical (unpaired) electrons. The number of halogens is 4. The molecule has 0 heterocycles. The van der Waals surface area contributed by atoms with Crippen LogP contribution < -0.4 is 0 Å². The molecule has 0 bridgehead atoms. The first kappa shape index (κ1) is 11.4. The summed E-state index contributed by atoms with van der Waals surface area (Å²) in [6.07, 6.45) is 0. The Morgan fingerprint density at radius 3 is 1.62 bits per heavy atom. The predicted octanol–water partition coefficient (Wildman–Crippen LogP) is 4.94. The van der Waals surface area contributed by atoms with Crippen LogP contribution in [0.4, 0.5) is 8.78 Å². The van der Waals surface area contributed by atoms with Crippen molar-refractivity contribution in [3.8, 4) is 11.1 Å². The molecular formula is C12H6Cl2F2. The molecule has 82 valence electrons. The van der Waals surface area contributed by atoms with Gasteiger partial charge in [-0.2, -0.15) is 0 Å². The maximum absolute atomic E-state index is 13.5. The summed E-state index contributed by atoms with van der Waals surface area (Å²) in [6.45, 7) is 0. The van der Waals surface area contributed by atoms with Crippen LogP contribution in [0.15, 0.2) is 36.4 Å². The summed E-state index contributed by atoms with van der Waals surface area (Å²) in [5.41, 5.74) is -0.0143. The van der Waals surface area contributed by atoms with Gasteiger partial charge in [0.25, 0.3) is 0 Å². The molecular weight excluding hydrogens is 253 g/mol. The van der Waals surface area contributed by atoms with E-state index in [9.17, 15) is 8.78 Å². The monoisotopic (exact) mass is 258 g/mol. The first-order valence-corrected chi connectivity index (χ1v) is 5.25. The minimum Gasteiger partial charge on any atom is -0.206 e. The van der Waals surface area contributed by atoms with Crippen LogP contribution >= 0.6 is 23.2 Å². The van der Waals surface area contributed by atoms with E-state index in [-0.39, 0.29) is 21.2 Å².